The first-order valence-corrected chi connectivity index (χ1v) is 7.21. The van der Waals surface area contributed by atoms with Crippen LogP contribution < -0.4 is 10.1 Å². The van der Waals surface area contributed by atoms with Crippen LogP contribution in [-0.4, -0.2) is 7.11 Å². The van der Waals surface area contributed by atoms with Gasteiger partial charge in [-0.1, -0.05) is 40.2 Å². The highest BCUT2D eigenvalue weighted by atomic mass is 79.9. The van der Waals surface area contributed by atoms with E-state index in [1.165, 1.54) is 18.7 Å². The van der Waals surface area contributed by atoms with E-state index in [1.807, 2.05) is 24.3 Å². The number of hydrogen-bond donors (Lipinski definition) is 1. The second kappa shape index (κ2) is 6.86. The van der Waals surface area contributed by atoms with Crippen LogP contribution in [0.25, 0.3) is 0 Å². The minimum atomic E-state index is -0.333. The Morgan fingerprint density at radius 2 is 2.00 bits per heavy atom. The van der Waals surface area contributed by atoms with Gasteiger partial charge in [-0.15, -0.1) is 0 Å². The third-order valence-electron chi connectivity index (χ3n) is 3.20. The lowest BCUT2D eigenvalue weighted by Gasteiger charge is -2.16. The molecule has 0 heterocycles. The Kier molecular flexibility index (Phi) is 5.15. The van der Waals surface area contributed by atoms with Crippen molar-refractivity contribution in [1.29, 1.82) is 0 Å². The predicted octanol–water partition coefficient (Wildman–Crippen LogP) is 4.45. The summed E-state index contributed by atoms with van der Waals surface area (Å²) in [6.45, 7) is 2.68. The molecule has 0 spiro atoms. The molecular formula is C16H17BrFNO. The predicted molar refractivity (Wildman–Crippen MR) is 82.3 cm³/mol. The summed E-state index contributed by atoms with van der Waals surface area (Å²) in [5.74, 6) is -0.0621. The van der Waals surface area contributed by atoms with Gasteiger partial charge < -0.3 is 10.1 Å². The van der Waals surface area contributed by atoms with Crippen LogP contribution in [-0.2, 0) is 6.54 Å². The Hall–Kier alpha value is -1.39. The van der Waals surface area contributed by atoms with Crippen LogP contribution in [0.4, 0.5) is 4.39 Å². The number of hydrogen-bond acceptors (Lipinski definition) is 2. The fourth-order valence-electron chi connectivity index (χ4n) is 2.03. The second-order valence-corrected chi connectivity index (χ2v) is 5.45. The first-order valence-electron chi connectivity index (χ1n) is 6.42. The van der Waals surface area contributed by atoms with E-state index >= 15 is 0 Å². The van der Waals surface area contributed by atoms with Gasteiger partial charge in [0.1, 0.15) is 0 Å². The van der Waals surface area contributed by atoms with E-state index in [9.17, 15) is 4.39 Å². The Bertz CT molecular complexity index is 588. The smallest absolute Gasteiger partial charge is 0.165 e. The van der Waals surface area contributed by atoms with Gasteiger partial charge in [-0.2, -0.15) is 0 Å². The molecule has 0 unspecified atom stereocenters. The van der Waals surface area contributed by atoms with Gasteiger partial charge in [0.25, 0.3) is 0 Å². The first kappa shape index (κ1) is 15.0. The number of ether oxygens (including phenoxy) is 1. The van der Waals surface area contributed by atoms with Crippen LogP contribution in [0, 0.1) is 5.82 Å². The number of methoxy groups -OCH3 is 1. The molecule has 2 aromatic rings. The van der Waals surface area contributed by atoms with Gasteiger partial charge in [0.15, 0.2) is 11.6 Å². The summed E-state index contributed by atoms with van der Waals surface area (Å²) < 4.78 is 19.6. The maximum absolute atomic E-state index is 13.6. The van der Waals surface area contributed by atoms with Crippen LogP contribution in [0.1, 0.15) is 24.1 Å². The largest absolute Gasteiger partial charge is 0.494 e. The minimum absolute atomic E-state index is 0.177. The van der Waals surface area contributed by atoms with Gasteiger partial charge in [0, 0.05) is 17.1 Å². The van der Waals surface area contributed by atoms with E-state index in [-0.39, 0.29) is 17.6 Å². The van der Waals surface area contributed by atoms with Gasteiger partial charge >= 0.3 is 0 Å². The molecule has 1 atom stereocenters. The Morgan fingerprint density at radius 3 is 2.65 bits per heavy atom. The molecule has 1 N–H and O–H groups in total. The third kappa shape index (κ3) is 3.58. The lowest BCUT2D eigenvalue weighted by Crippen LogP contribution is -2.18. The maximum atomic E-state index is 13.6. The topological polar surface area (TPSA) is 21.3 Å². The van der Waals surface area contributed by atoms with Crippen LogP contribution in [0.2, 0.25) is 0 Å². The maximum Gasteiger partial charge on any atom is 0.165 e. The number of benzene rings is 2. The van der Waals surface area contributed by atoms with E-state index in [4.69, 9.17) is 4.74 Å². The zero-order chi connectivity index (χ0) is 14.5. The fraction of sp³-hybridized carbons (Fsp3) is 0.250. The first-order chi connectivity index (χ1) is 9.61. The minimum Gasteiger partial charge on any atom is -0.494 e. The van der Waals surface area contributed by atoms with Crippen molar-refractivity contribution in [2.24, 2.45) is 0 Å². The number of nitrogens with one attached hydrogen (secondary N) is 1. The summed E-state index contributed by atoms with van der Waals surface area (Å²) in [6, 6.07) is 13.3. The zero-order valence-electron chi connectivity index (χ0n) is 11.5. The zero-order valence-corrected chi connectivity index (χ0v) is 13.1. The fourth-order valence-corrected chi connectivity index (χ4v) is 2.66. The van der Waals surface area contributed by atoms with Crippen molar-refractivity contribution < 1.29 is 9.13 Å². The van der Waals surface area contributed by atoms with Crippen molar-refractivity contribution in [2.45, 2.75) is 19.5 Å². The lowest BCUT2D eigenvalue weighted by molar-refractivity contribution is 0.386. The van der Waals surface area contributed by atoms with Crippen molar-refractivity contribution in [2.75, 3.05) is 7.11 Å². The molecule has 2 aromatic carbocycles. The van der Waals surface area contributed by atoms with Gasteiger partial charge in [0.2, 0.25) is 0 Å². The highest BCUT2D eigenvalue weighted by Gasteiger charge is 2.09. The van der Waals surface area contributed by atoms with Crippen LogP contribution in [0.3, 0.4) is 0 Å². The molecule has 0 aliphatic rings. The van der Waals surface area contributed by atoms with Crippen molar-refractivity contribution in [3.05, 3.63) is 63.9 Å². The molecule has 2 rings (SSSR count). The summed E-state index contributed by atoms with van der Waals surface area (Å²) in [6.07, 6.45) is 0. The van der Waals surface area contributed by atoms with Crippen molar-refractivity contribution in [3.63, 3.8) is 0 Å². The third-order valence-corrected chi connectivity index (χ3v) is 3.92. The lowest BCUT2D eigenvalue weighted by atomic mass is 10.1. The quantitative estimate of drug-likeness (QED) is 0.870. The summed E-state index contributed by atoms with van der Waals surface area (Å²) in [7, 11) is 1.46. The summed E-state index contributed by atoms with van der Waals surface area (Å²) >= 11 is 3.54. The van der Waals surface area contributed by atoms with Crippen LogP contribution in [0.15, 0.2) is 46.9 Å². The molecular weight excluding hydrogens is 321 g/mol. The van der Waals surface area contributed by atoms with Crippen molar-refractivity contribution in [3.8, 4) is 5.75 Å². The van der Waals surface area contributed by atoms with Gasteiger partial charge in [-0.3, -0.25) is 0 Å². The summed E-state index contributed by atoms with van der Waals surface area (Å²) in [4.78, 5) is 0. The van der Waals surface area contributed by atoms with Crippen LogP contribution >= 0.6 is 15.9 Å². The van der Waals surface area contributed by atoms with Crippen molar-refractivity contribution in [1.82, 2.24) is 5.32 Å². The molecule has 4 heteroatoms. The van der Waals surface area contributed by atoms with E-state index in [1.54, 1.807) is 6.07 Å². The standard InChI is InChI=1S/C16H17BrFNO/c1-11(13-5-3-4-6-14(13)17)19-10-12-7-8-16(20-2)15(18)9-12/h3-9,11,19H,10H2,1-2H3/t11-/m0/s1. The molecule has 0 aliphatic carbocycles. The van der Waals surface area contributed by atoms with E-state index in [0.717, 1.165) is 10.0 Å². The molecule has 0 saturated heterocycles. The summed E-state index contributed by atoms with van der Waals surface area (Å²) in [5.41, 5.74) is 2.07. The highest BCUT2D eigenvalue weighted by Crippen LogP contribution is 2.23. The average Bonchev–Trinajstić information content (AvgIpc) is 2.45. The van der Waals surface area contributed by atoms with Gasteiger partial charge in [-0.25, -0.2) is 4.39 Å². The molecule has 0 aliphatic heterocycles. The van der Waals surface area contributed by atoms with E-state index in [0.29, 0.717) is 6.54 Å². The molecule has 2 nitrogen and oxygen atoms in total. The molecule has 0 amide bonds. The normalized spacial score (nSPS) is 12.2. The van der Waals surface area contributed by atoms with E-state index in [2.05, 4.69) is 34.2 Å². The van der Waals surface area contributed by atoms with Gasteiger partial charge in [-0.05, 0) is 36.2 Å². The molecule has 0 fully saturated rings. The molecule has 0 aromatic heterocycles. The number of rotatable bonds is 5. The Morgan fingerprint density at radius 1 is 1.25 bits per heavy atom. The SMILES string of the molecule is COc1ccc(CN[C@@H](C)c2ccccc2Br)cc1F. The number of halogens is 2. The molecule has 20 heavy (non-hydrogen) atoms. The Labute approximate surface area is 127 Å². The molecule has 0 bridgehead atoms. The molecule has 0 saturated carbocycles. The molecule has 106 valence electrons. The van der Waals surface area contributed by atoms with Crippen molar-refractivity contribution >= 4 is 15.9 Å². The Balaban J connectivity index is 2.02. The highest BCUT2D eigenvalue weighted by molar-refractivity contribution is 9.10. The molecule has 0 radical (unpaired) electrons. The van der Waals surface area contributed by atoms with E-state index < -0.39 is 0 Å². The monoisotopic (exact) mass is 337 g/mol. The average molecular weight is 338 g/mol. The second-order valence-electron chi connectivity index (χ2n) is 4.59. The van der Waals surface area contributed by atoms with Gasteiger partial charge in [0.05, 0.1) is 7.11 Å². The van der Waals surface area contributed by atoms with Crippen LogP contribution in [0.5, 0.6) is 5.75 Å². The summed E-state index contributed by atoms with van der Waals surface area (Å²) in [5, 5.41) is 3.38.